The minimum Gasteiger partial charge on any atom is -0.495 e. The van der Waals surface area contributed by atoms with Crippen LogP contribution in [0, 0.1) is 5.82 Å². The summed E-state index contributed by atoms with van der Waals surface area (Å²) in [5.41, 5.74) is 0.458. The summed E-state index contributed by atoms with van der Waals surface area (Å²) < 4.78 is 49.7. The van der Waals surface area contributed by atoms with Crippen molar-refractivity contribution >= 4 is 27.5 Å². The van der Waals surface area contributed by atoms with E-state index in [-0.39, 0.29) is 34.9 Å². The largest absolute Gasteiger partial charge is 0.495 e. The maximum absolute atomic E-state index is 15.1. The number of para-hydroxylation sites is 2. The number of carbonyl (C=O) groups excluding carboxylic acids is 2. The molecule has 1 atom stereocenters. The minimum atomic E-state index is -4.30. The Balaban J connectivity index is 1.85. The molecule has 0 saturated heterocycles. The van der Waals surface area contributed by atoms with Crippen molar-refractivity contribution in [2.45, 2.75) is 50.2 Å². The van der Waals surface area contributed by atoms with E-state index in [1.54, 1.807) is 48.5 Å². The monoisotopic (exact) mass is 631 g/mol. The van der Waals surface area contributed by atoms with Crippen LogP contribution < -0.4 is 14.4 Å². The van der Waals surface area contributed by atoms with Gasteiger partial charge in [0.25, 0.3) is 10.0 Å². The first-order valence-electron chi connectivity index (χ1n) is 14.5. The van der Waals surface area contributed by atoms with E-state index in [9.17, 15) is 18.0 Å². The van der Waals surface area contributed by atoms with Crippen LogP contribution in [0.4, 0.5) is 10.1 Å². The summed E-state index contributed by atoms with van der Waals surface area (Å²) in [6, 6.07) is 28.3. The van der Waals surface area contributed by atoms with Gasteiger partial charge in [0.2, 0.25) is 11.8 Å². The van der Waals surface area contributed by atoms with Crippen molar-refractivity contribution in [3.63, 3.8) is 0 Å². The maximum Gasteiger partial charge on any atom is 0.264 e. The van der Waals surface area contributed by atoms with Gasteiger partial charge < -0.3 is 15.0 Å². The lowest BCUT2D eigenvalue weighted by molar-refractivity contribution is -0.140. The van der Waals surface area contributed by atoms with E-state index in [2.05, 4.69) is 5.32 Å². The Morgan fingerprint density at radius 1 is 0.844 bits per heavy atom. The summed E-state index contributed by atoms with van der Waals surface area (Å²) in [5.74, 6) is -1.47. The number of hydrogen-bond acceptors (Lipinski definition) is 5. The minimum absolute atomic E-state index is 0.0318. The zero-order valence-electron chi connectivity index (χ0n) is 25.8. The Morgan fingerprint density at radius 3 is 2.04 bits per heavy atom. The van der Waals surface area contributed by atoms with E-state index in [0.717, 1.165) is 9.87 Å². The van der Waals surface area contributed by atoms with Gasteiger partial charge in [-0.05, 0) is 56.7 Å². The van der Waals surface area contributed by atoms with E-state index in [1.807, 2.05) is 51.1 Å². The lowest BCUT2D eigenvalue weighted by Gasteiger charge is -2.35. The van der Waals surface area contributed by atoms with Crippen molar-refractivity contribution in [3.8, 4) is 5.75 Å². The summed E-state index contributed by atoms with van der Waals surface area (Å²) >= 11 is 0. The first-order chi connectivity index (χ1) is 21.4. The Kier molecular flexibility index (Phi) is 10.6. The Morgan fingerprint density at radius 2 is 1.42 bits per heavy atom. The molecule has 4 aromatic rings. The van der Waals surface area contributed by atoms with Crippen LogP contribution in [0.25, 0.3) is 0 Å². The Labute approximate surface area is 264 Å². The highest BCUT2D eigenvalue weighted by atomic mass is 32.2. The predicted octanol–water partition coefficient (Wildman–Crippen LogP) is 5.58. The molecule has 0 fully saturated rings. The molecular formula is C35H38FN3O5S. The number of rotatable bonds is 12. The highest BCUT2D eigenvalue weighted by molar-refractivity contribution is 7.92. The van der Waals surface area contributed by atoms with Crippen molar-refractivity contribution in [1.29, 1.82) is 0 Å². The molecule has 45 heavy (non-hydrogen) atoms. The van der Waals surface area contributed by atoms with E-state index in [1.165, 1.54) is 42.3 Å². The van der Waals surface area contributed by atoms with Crippen molar-refractivity contribution in [1.82, 2.24) is 10.2 Å². The van der Waals surface area contributed by atoms with Crippen molar-refractivity contribution in [2.75, 3.05) is 18.0 Å². The highest BCUT2D eigenvalue weighted by Gasteiger charge is 2.36. The zero-order chi connectivity index (χ0) is 32.6. The van der Waals surface area contributed by atoms with Gasteiger partial charge in [0.15, 0.2) is 0 Å². The maximum atomic E-state index is 15.1. The second-order valence-electron chi connectivity index (χ2n) is 11.6. The third-order valence-electron chi connectivity index (χ3n) is 7.03. The SMILES string of the molecule is COc1ccccc1N(CC(=O)N(Cc1ccccc1F)[C@@H](Cc1ccccc1)C(=O)NC(C)(C)C)S(=O)(=O)c1ccccc1. The van der Waals surface area contributed by atoms with Crippen LogP contribution in [0.5, 0.6) is 5.75 Å². The molecule has 0 unspecified atom stereocenters. The number of hydrogen-bond donors (Lipinski definition) is 1. The predicted molar refractivity (Wildman–Crippen MR) is 173 cm³/mol. The fourth-order valence-corrected chi connectivity index (χ4v) is 6.33. The van der Waals surface area contributed by atoms with Gasteiger partial charge in [-0.3, -0.25) is 13.9 Å². The van der Waals surface area contributed by atoms with Crippen LogP contribution in [0.3, 0.4) is 0 Å². The summed E-state index contributed by atoms with van der Waals surface area (Å²) in [6.45, 7) is 4.52. The van der Waals surface area contributed by atoms with E-state index >= 15 is 4.39 Å². The summed E-state index contributed by atoms with van der Waals surface area (Å²) in [5, 5.41) is 2.96. The molecule has 0 bridgehead atoms. The van der Waals surface area contributed by atoms with Crippen LogP contribution >= 0.6 is 0 Å². The first-order valence-corrected chi connectivity index (χ1v) is 15.9. The fourth-order valence-electron chi connectivity index (χ4n) is 4.89. The first kappa shape index (κ1) is 33.2. The van der Waals surface area contributed by atoms with Crippen LogP contribution in [0.2, 0.25) is 0 Å². The lowest BCUT2D eigenvalue weighted by Crippen LogP contribution is -2.56. The van der Waals surface area contributed by atoms with Crippen molar-refractivity contribution in [3.05, 3.63) is 126 Å². The third kappa shape index (κ3) is 8.48. The molecule has 0 saturated carbocycles. The van der Waals surface area contributed by atoms with Crippen LogP contribution in [-0.4, -0.2) is 50.4 Å². The molecule has 8 nitrogen and oxygen atoms in total. The topological polar surface area (TPSA) is 96.0 Å². The number of amides is 2. The molecule has 1 N–H and O–H groups in total. The van der Waals surface area contributed by atoms with Crippen molar-refractivity contribution < 1.29 is 27.1 Å². The van der Waals surface area contributed by atoms with Gasteiger partial charge in [-0.15, -0.1) is 0 Å². The lowest BCUT2D eigenvalue weighted by atomic mass is 10.0. The van der Waals surface area contributed by atoms with Crippen molar-refractivity contribution in [2.24, 2.45) is 0 Å². The van der Waals surface area contributed by atoms with Gasteiger partial charge in [0.05, 0.1) is 17.7 Å². The molecule has 4 aromatic carbocycles. The standard InChI is InChI=1S/C35H38FN3O5S/c1-35(2,3)37-34(41)31(23-26-15-7-5-8-16-26)38(24-27-17-11-12-20-29(27)36)33(40)25-39(30-21-13-14-22-32(30)44-4)45(42,43)28-18-9-6-10-19-28/h5-22,31H,23-25H2,1-4H3,(H,37,41)/t31-/m0/s1. The average Bonchev–Trinajstić information content (AvgIpc) is 3.02. The van der Waals surface area contributed by atoms with Crippen LogP contribution in [0.1, 0.15) is 31.9 Å². The quantitative estimate of drug-likeness (QED) is 0.220. The van der Waals surface area contributed by atoms with E-state index < -0.39 is 45.8 Å². The fraction of sp³-hybridized carbons (Fsp3) is 0.257. The molecule has 0 aliphatic heterocycles. The smallest absolute Gasteiger partial charge is 0.264 e. The number of benzene rings is 4. The number of halogens is 1. The van der Waals surface area contributed by atoms with Crippen LogP contribution in [0.15, 0.2) is 114 Å². The zero-order valence-corrected chi connectivity index (χ0v) is 26.6. The van der Waals surface area contributed by atoms with Crippen LogP contribution in [-0.2, 0) is 32.6 Å². The summed E-state index contributed by atoms with van der Waals surface area (Å²) in [6.07, 6.45) is 0.114. The van der Waals surface area contributed by atoms with Gasteiger partial charge in [0.1, 0.15) is 24.2 Å². The normalized spacial score (nSPS) is 12.2. The van der Waals surface area contributed by atoms with Gasteiger partial charge >= 0.3 is 0 Å². The summed E-state index contributed by atoms with van der Waals surface area (Å²) in [7, 11) is -2.89. The molecule has 2 amide bonds. The molecule has 10 heteroatoms. The molecule has 0 radical (unpaired) electrons. The molecule has 0 heterocycles. The molecule has 0 spiro atoms. The Hall–Kier alpha value is -4.70. The Bertz CT molecular complexity index is 1710. The number of ether oxygens (including phenoxy) is 1. The number of methoxy groups -OCH3 is 1. The van der Waals surface area contributed by atoms with Gasteiger partial charge in [0, 0.05) is 24.1 Å². The molecule has 4 rings (SSSR count). The number of anilines is 1. The number of nitrogens with one attached hydrogen (secondary N) is 1. The third-order valence-corrected chi connectivity index (χ3v) is 8.81. The second-order valence-corrected chi connectivity index (χ2v) is 13.4. The molecule has 0 aliphatic rings. The average molecular weight is 632 g/mol. The van der Waals surface area contributed by atoms with E-state index in [4.69, 9.17) is 4.74 Å². The van der Waals surface area contributed by atoms with Gasteiger partial charge in [-0.2, -0.15) is 0 Å². The highest BCUT2D eigenvalue weighted by Crippen LogP contribution is 2.32. The molecule has 236 valence electrons. The molecule has 0 aliphatic carbocycles. The second kappa shape index (κ2) is 14.4. The van der Waals surface area contributed by atoms with E-state index in [0.29, 0.717) is 0 Å². The number of sulfonamides is 1. The number of nitrogens with zero attached hydrogens (tertiary/aromatic N) is 2. The molecular weight excluding hydrogens is 593 g/mol. The van der Waals surface area contributed by atoms with Gasteiger partial charge in [-0.1, -0.05) is 78.9 Å². The van der Waals surface area contributed by atoms with Gasteiger partial charge in [-0.25, -0.2) is 12.8 Å². The number of carbonyl (C=O) groups is 2. The molecule has 0 aromatic heterocycles. The summed E-state index contributed by atoms with van der Waals surface area (Å²) in [4.78, 5) is 29.6.